The monoisotopic (exact) mass is 335 g/mol. The Balaban J connectivity index is 1.51. The Labute approximate surface area is 143 Å². The van der Waals surface area contributed by atoms with Crippen molar-refractivity contribution >= 4 is 21.6 Å². The number of hydrogen-bond donors (Lipinski definition) is 0. The van der Waals surface area contributed by atoms with Crippen molar-refractivity contribution in [1.82, 2.24) is 4.98 Å². The number of ether oxygens (including phenoxy) is 1. The summed E-state index contributed by atoms with van der Waals surface area (Å²) in [6, 6.07) is 22.5. The van der Waals surface area contributed by atoms with E-state index in [1.165, 1.54) is 10.8 Å². The maximum Gasteiger partial charge on any atom is 0.129 e. The minimum atomic E-state index is -0.247. The second kappa shape index (κ2) is 6.42. The minimum absolute atomic E-state index is 0.215. The Morgan fingerprint density at radius 3 is 2.42 bits per heavy atom. The van der Waals surface area contributed by atoms with E-state index in [9.17, 15) is 4.39 Å². The molecule has 0 radical (unpaired) electrons. The van der Waals surface area contributed by atoms with E-state index >= 15 is 0 Å². The molecule has 0 saturated heterocycles. The zero-order valence-electron chi connectivity index (χ0n) is 12.8. The highest BCUT2D eigenvalue weighted by Gasteiger charge is 2.06. The number of aromatic nitrogens is 1. The summed E-state index contributed by atoms with van der Waals surface area (Å²) in [6.45, 7) is 0.215. The van der Waals surface area contributed by atoms with E-state index in [-0.39, 0.29) is 12.4 Å². The quantitative estimate of drug-likeness (QED) is 0.478. The van der Waals surface area contributed by atoms with Crippen molar-refractivity contribution in [2.45, 2.75) is 6.61 Å². The van der Waals surface area contributed by atoms with Crippen LogP contribution < -0.4 is 4.74 Å². The first-order chi connectivity index (χ1) is 11.8. The van der Waals surface area contributed by atoms with Gasteiger partial charge in [-0.3, -0.25) is 0 Å². The van der Waals surface area contributed by atoms with Gasteiger partial charge in [0.1, 0.15) is 23.2 Å². The molecule has 1 aromatic heterocycles. The Bertz CT molecular complexity index is 945. The van der Waals surface area contributed by atoms with Gasteiger partial charge in [0.25, 0.3) is 0 Å². The molecule has 0 fully saturated rings. The Kier molecular flexibility index (Phi) is 3.97. The molecule has 0 aliphatic heterocycles. The largest absolute Gasteiger partial charge is 0.489 e. The Hall–Kier alpha value is -2.72. The van der Waals surface area contributed by atoms with Crippen LogP contribution >= 0.6 is 11.3 Å². The van der Waals surface area contributed by atoms with Gasteiger partial charge >= 0.3 is 0 Å². The summed E-state index contributed by atoms with van der Waals surface area (Å²) in [5, 5.41) is 0.983. The van der Waals surface area contributed by atoms with Crippen LogP contribution in [0.3, 0.4) is 0 Å². The number of nitrogens with zero attached hydrogens (tertiary/aromatic N) is 1. The lowest BCUT2D eigenvalue weighted by atomic mass is 10.2. The molecule has 0 aliphatic carbocycles. The van der Waals surface area contributed by atoms with Gasteiger partial charge in [-0.2, -0.15) is 0 Å². The number of hydrogen-bond acceptors (Lipinski definition) is 3. The molecule has 4 aromatic rings. The molecular weight excluding hydrogens is 321 g/mol. The van der Waals surface area contributed by atoms with E-state index in [2.05, 4.69) is 11.1 Å². The van der Waals surface area contributed by atoms with Crippen LogP contribution in [0.25, 0.3) is 20.8 Å². The molecule has 1 heterocycles. The number of fused-ring (bicyclic) bond motifs is 1. The van der Waals surface area contributed by atoms with Gasteiger partial charge in [0, 0.05) is 11.1 Å². The van der Waals surface area contributed by atoms with Crippen molar-refractivity contribution in [1.29, 1.82) is 0 Å². The fraction of sp³-hybridized carbons (Fsp3) is 0.0500. The van der Waals surface area contributed by atoms with Crippen LogP contribution in [0.5, 0.6) is 5.75 Å². The molecule has 4 heteroatoms. The van der Waals surface area contributed by atoms with Crippen LogP contribution in [-0.4, -0.2) is 4.98 Å². The first-order valence-corrected chi connectivity index (χ1v) is 8.43. The van der Waals surface area contributed by atoms with Crippen LogP contribution in [0.4, 0.5) is 4.39 Å². The molecule has 24 heavy (non-hydrogen) atoms. The minimum Gasteiger partial charge on any atom is -0.489 e. The summed E-state index contributed by atoms with van der Waals surface area (Å²) in [5.41, 5.74) is 2.61. The fourth-order valence-corrected chi connectivity index (χ4v) is 3.44. The molecule has 0 unspecified atom stereocenters. The highest BCUT2D eigenvalue weighted by Crippen LogP contribution is 2.31. The normalized spacial score (nSPS) is 10.9. The van der Waals surface area contributed by atoms with Gasteiger partial charge in [-0.05, 0) is 42.5 Å². The SMILES string of the molecule is Fc1ccccc1COc1ccc(-c2nc3ccccc3s2)cc1. The van der Waals surface area contributed by atoms with Crippen LogP contribution in [0.15, 0.2) is 72.8 Å². The molecular formula is C20H14FNOS. The predicted molar refractivity (Wildman–Crippen MR) is 95.8 cm³/mol. The van der Waals surface area contributed by atoms with E-state index in [1.807, 2.05) is 42.5 Å². The third-order valence-electron chi connectivity index (χ3n) is 3.75. The van der Waals surface area contributed by atoms with Gasteiger partial charge in [-0.15, -0.1) is 11.3 Å². The number of para-hydroxylation sites is 1. The van der Waals surface area contributed by atoms with Crippen molar-refractivity contribution in [3.8, 4) is 16.3 Å². The first-order valence-electron chi connectivity index (χ1n) is 7.62. The molecule has 2 nitrogen and oxygen atoms in total. The zero-order chi connectivity index (χ0) is 16.4. The van der Waals surface area contributed by atoms with E-state index in [0.717, 1.165) is 16.1 Å². The second-order valence-electron chi connectivity index (χ2n) is 5.39. The third kappa shape index (κ3) is 3.01. The van der Waals surface area contributed by atoms with Crippen molar-refractivity contribution in [3.63, 3.8) is 0 Å². The standard InChI is InChI=1S/C20H14FNOS/c21-17-6-2-1-5-15(17)13-23-16-11-9-14(10-12-16)20-22-18-7-3-4-8-19(18)24-20/h1-12H,13H2. The molecule has 0 atom stereocenters. The molecule has 0 amide bonds. The first kappa shape index (κ1) is 14.8. The lowest BCUT2D eigenvalue weighted by molar-refractivity contribution is 0.300. The molecule has 4 rings (SSSR count). The summed E-state index contributed by atoms with van der Waals surface area (Å²) >= 11 is 1.67. The van der Waals surface area contributed by atoms with Crippen LogP contribution in [0.1, 0.15) is 5.56 Å². The summed E-state index contributed by atoms with van der Waals surface area (Å²) < 4.78 is 20.4. The molecule has 0 spiro atoms. The molecule has 118 valence electrons. The van der Waals surface area contributed by atoms with Crippen molar-refractivity contribution in [2.75, 3.05) is 0 Å². The van der Waals surface area contributed by atoms with Gasteiger partial charge in [-0.1, -0.05) is 30.3 Å². The third-order valence-corrected chi connectivity index (χ3v) is 4.83. The molecule has 0 bridgehead atoms. The van der Waals surface area contributed by atoms with Gasteiger partial charge in [0.2, 0.25) is 0 Å². The van der Waals surface area contributed by atoms with Gasteiger partial charge < -0.3 is 4.74 Å². The average Bonchev–Trinajstić information content (AvgIpc) is 3.06. The van der Waals surface area contributed by atoms with Crippen molar-refractivity contribution < 1.29 is 9.13 Å². The number of benzene rings is 3. The number of halogens is 1. The highest BCUT2D eigenvalue weighted by atomic mass is 32.1. The van der Waals surface area contributed by atoms with E-state index in [0.29, 0.717) is 11.3 Å². The average molecular weight is 335 g/mol. The van der Waals surface area contributed by atoms with Crippen LogP contribution in [0, 0.1) is 5.82 Å². The van der Waals surface area contributed by atoms with Crippen molar-refractivity contribution in [3.05, 3.63) is 84.2 Å². The summed E-state index contributed by atoms with van der Waals surface area (Å²) in [4.78, 5) is 4.65. The smallest absolute Gasteiger partial charge is 0.129 e. The van der Waals surface area contributed by atoms with Gasteiger partial charge in [0.15, 0.2) is 0 Å². The van der Waals surface area contributed by atoms with E-state index in [4.69, 9.17) is 4.74 Å². The molecule has 3 aromatic carbocycles. The summed E-state index contributed by atoms with van der Waals surface area (Å²) in [5.74, 6) is 0.465. The van der Waals surface area contributed by atoms with E-state index in [1.54, 1.807) is 29.5 Å². The van der Waals surface area contributed by atoms with E-state index < -0.39 is 0 Å². The Morgan fingerprint density at radius 1 is 0.875 bits per heavy atom. The molecule has 0 aliphatic rings. The van der Waals surface area contributed by atoms with Crippen LogP contribution in [0.2, 0.25) is 0 Å². The lowest BCUT2D eigenvalue weighted by Crippen LogP contribution is -1.97. The van der Waals surface area contributed by atoms with Crippen molar-refractivity contribution in [2.24, 2.45) is 0 Å². The lowest BCUT2D eigenvalue weighted by Gasteiger charge is -2.07. The summed E-state index contributed by atoms with van der Waals surface area (Å²) in [6.07, 6.45) is 0. The highest BCUT2D eigenvalue weighted by molar-refractivity contribution is 7.21. The maximum absolute atomic E-state index is 13.6. The second-order valence-corrected chi connectivity index (χ2v) is 6.42. The summed E-state index contributed by atoms with van der Waals surface area (Å²) in [7, 11) is 0. The van der Waals surface area contributed by atoms with Crippen LogP contribution in [-0.2, 0) is 6.61 Å². The van der Waals surface area contributed by atoms with Gasteiger partial charge in [-0.25, -0.2) is 9.37 Å². The fourth-order valence-electron chi connectivity index (χ4n) is 2.47. The zero-order valence-corrected chi connectivity index (χ0v) is 13.6. The van der Waals surface area contributed by atoms with Gasteiger partial charge in [0.05, 0.1) is 10.2 Å². The Morgan fingerprint density at radius 2 is 1.62 bits per heavy atom. The maximum atomic E-state index is 13.6. The topological polar surface area (TPSA) is 22.1 Å². The number of rotatable bonds is 4. The molecule has 0 N–H and O–H groups in total. The predicted octanol–water partition coefficient (Wildman–Crippen LogP) is 5.68. The number of thiazole rings is 1. The molecule has 0 saturated carbocycles.